The second-order valence-electron chi connectivity index (χ2n) is 5.43. The highest BCUT2D eigenvalue weighted by Gasteiger charge is 2.16. The monoisotopic (exact) mass is 226 g/mol. The first kappa shape index (κ1) is 12.5. The molecule has 3 heteroatoms. The van der Waals surface area contributed by atoms with Gasteiger partial charge in [-0.2, -0.15) is 0 Å². The molecule has 0 unspecified atom stereocenters. The lowest BCUT2D eigenvalue weighted by molar-refractivity contribution is -0.105. The molecule has 1 aliphatic rings. The molecule has 0 radical (unpaired) electrons. The van der Waals surface area contributed by atoms with Crippen LogP contribution in [0.2, 0.25) is 25.7 Å². The summed E-state index contributed by atoms with van der Waals surface area (Å²) in [6.07, 6.45) is 5.00. The number of hydrogen-bond donors (Lipinski definition) is 0. The third-order valence-electron chi connectivity index (χ3n) is 2.70. The van der Waals surface area contributed by atoms with Gasteiger partial charge >= 0.3 is 0 Å². The maximum atomic E-state index is 10.8. The van der Waals surface area contributed by atoms with E-state index in [0.29, 0.717) is 0 Å². The van der Waals surface area contributed by atoms with Gasteiger partial charge in [0.15, 0.2) is 0 Å². The minimum atomic E-state index is -0.940. The van der Waals surface area contributed by atoms with Gasteiger partial charge in [-0.3, -0.25) is 4.79 Å². The molecule has 0 amide bonds. The van der Waals surface area contributed by atoms with Gasteiger partial charge in [-0.1, -0.05) is 25.7 Å². The summed E-state index contributed by atoms with van der Waals surface area (Å²) >= 11 is 0. The Hall–Kier alpha value is -0.573. The van der Waals surface area contributed by atoms with Crippen molar-refractivity contribution in [3.8, 4) is 0 Å². The Balaban J connectivity index is 2.42. The largest absolute Gasteiger partial charge is 0.498 e. The zero-order valence-corrected chi connectivity index (χ0v) is 11.1. The molecular weight excluding hydrogens is 204 g/mol. The second kappa shape index (κ2) is 5.49. The molecule has 0 fully saturated rings. The molecule has 0 aliphatic carbocycles. The zero-order chi connectivity index (χ0) is 11.3. The molecule has 0 atom stereocenters. The maximum Gasteiger partial charge on any atom is 0.149 e. The van der Waals surface area contributed by atoms with Gasteiger partial charge in [0.1, 0.15) is 12.0 Å². The quantitative estimate of drug-likeness (QED) is 0.531. The van der Waals surface area contributed by atoms with Gasteiger partial charge in [-0.05, 0) is 19.3 Å². The normalized spacial score (nSPS) is 17.5. The Morgan fingerprint density at radius 2 is 2.13 bits per heavy atom. The predicted molar refractivity (Wildman–Crippen MR) is 65.7 cm³/mol. The van der Waals surface area contributed by atoms with Crippen LogP contribution in [0.15, 0.2) is 11.3 Å². The smallest absolute Gasteiger partial charge is 0.149 e. The van der Waals surface area contributed by atoms with E-state index >= 15 is 0 Å². The third-order valence-corrected chi connectivity index (χ3v) is 4.55. The first-order valence-electron chi connectivity index (χ1n) is 5.83. The topological polar surface area (TPSA) is 26.3 Å². The van der Waals surface area contributed by atoms with Gasteiger partial charge in [-0.25, -0.2) is 0 Å². The SMILES string of the molecule is C[Si](C)(C)CCCC1=C(C=O)CCCO1. The second-order valence-corrected chi connectivity index (χ2v) is 11.1. The van der Waals surface area contributed by atoms with Crippen molar-refractivity contribution in [3.63, 3.8) is 0 Å². The zero-order valence-electron chi connectivity index (χ0n) is 10.1. The molecule has 0 N–H and O–H groups in total. The van der Waals surface area contributed by atoms with Crippen molar-refractivity contribution in [3.05, 3.63) is 11.3 Å². The van der Waals surface area contributed by atoms with Gasteiger partial charge in [0.2, 0.25) is 0 Å². The molecule has 0 bridgehead atoms. The minimum Gasteiger partial charge on any atom is -0.498 e. The average molecular weight is 226 g/mol. The third kappa shape index (κ3) is 4.65. The molecule has 0 saturated heterocycles. The number of carbonyl (C=O) groups is 1. The highest BCUT2D eigenvalue weighted by Crippen LogP contribution is 2.23. The van der Waals surface area contributed by atoms with Crippen LogP contribution in [0.1, 0.15) is 25.7 Å². The van der Waals surface area contributed by atoms with Crippen LogP contribution in [0.25, 0.3) is 0 Å². The van der Waals surface area contributed by atoms with Crippen LogP contribution in [-0.2, 0) is 9.53 Å². The van der Waals surface area contributed by atoms with E-state index in [2.05, 4.69) is 19.6 Å². The fraction of sp³-hybridized carbons (Fsp3) is 0.750. The van der Waals surface area contributed by atoms with Crippen molar-refractivity contribution >= 4 is 14.4 Å². The lowest BCUT2D eigenvalue weighted by atomic mass is 10.1. The molecule has 0 spiro atoms. The van der Waals surface area contributed by atoms with Crippen molar-refractivity contribution < 1.29 is 9.53 Å². The van der Waals surface area contributed by atoms with E-state index in [1.165, 1.54) is 12.5 Å². The Morgan fingerprint density at radius 3 is 2.73 bits per heavy atom. The van der Waals surface area contributed by atoms with Crippen molar-refractivity contribution in [2.24, 2.45) is 0 Å². The molecule has 15 heavy (non-hydrogen) atoms. The molecule has 1 aliphatic heterocycles. The van der Waals surface area contributed by atoms with Crippen LogP contribution in [0, 0.1) is 0 Å². The highest BCUT2D eigenvalue weighted by atomic mass is 28.3. The van der Waals surface area contributed by atoms with E-state index in [0.717, 1.165) is 43.5 Å². The molecule has 0 aromatic rings. The van der Waals surface area contributed by atoms with Crippen molar-refractivity contribution in [2.75, 3.05) is 6.61 Å². The summed E-state index contributed by atoms with van der Waals surface area (Å²) < 4.78 is 5.56. The molecule has 1 rings (SSSR count). The van der Waals surface area contributed by atoms with Gasteiger partial charge in [0.05, 0.1) is 6.61 Å². The number of ether oxygens (including phenoxy) is 1. The summed E-state index contributed by atoms with van der Waals surface area (Å²) in [7, 11) is -0.940. The average Bonchev–Trinajstić information content (AvgIpc) is 2.16. The summed E-state index contributed by atoms with van der Waals surface area (Å²) in [5.41, 5.74) is 0.900. The summed E-state index contributed by atoms with van der Waals surface area (Å²) in [6, 6.07) is 1.31. The predicted octanol–water partition coefficient (Wildman–Crippen LogP) is 3.37. The van der Waals surface area contributed by atoms with Gasteiger partial charge in [-0.15, -0.1) is 0 Å². The number of hydrogen-bond acceptors (Lipinski definition) is 2. The lowest BCUT2D eigenvalue weighted by Crippen LogP contribution is -2.19. The number of carbonyl (C=O) groups excluding carboxylic acids is 1. The van der Waals surface area contributed by atoms with Crippen molar-refractivity contribution in [1.82, 2.24) is 0 Å². The molecule has 0 aromatic carbocycles. The van der Waals surface area contributed by atoms with Crippen LogP contribution in [0.5, 0.6) is 0 Å². The van der Waals surface area contributed by atoms with Crippen LogP contribution >= 0.6 is 0 Å². The number of rotatable bonds is 5. The number of aldehydes is 1. The van der Waals surface area contributed by atoms with Crippen LogP contribution in [-0.4, -0.2) is 21.0 Å². The van der Waals surface area contributed by atoms with E-state index in [4.69, 9.17) is 4.74 Å². The van der Waals surface area contributed by atoms with E-state index in [1.807, 2.05) is 0 Å². The molecular formula is C12H22O2Si. The van der Waals surface area contributed by atoms with Gasteiger partial charge in [0, 0.05) is 20.1 Å². The molecule has 0 saturated carbocycles. The van der Waals surface area contributed by atoms with E-state index in [1.54, 1.807) is 0 Å². The van der Waals surface area contributed by atoms with Crippen LogP contribution < -0.4 is 0 Å². The maximum absolute atomic E-state index is 10.8. The summed E-state index contributed by atoms with van der Waals surface area (Å²) in [4.78, 5) is 10.8. The summed E-state index contributed by atoms with van der Waals surface area (Å²) in [5, 5.41) is 0. The van der Waals surface area contributed by atoms with E-state index in [-0.39, 0.29) is 0 Å². The van der Waals surface area contributed by atoms with Gasteiger partial charge < -0.3 is 4.74 Å². The fourth-order valence-corrected chi connectivity index (χ4v) is 3.06. The Bertz CT molecular complexity index is 251. The van der Waals surface area contributed by atoms with Crippen molar-refractivity contribution in [1.29, 1.82) is 0 Å². The van der Waals surface area contributed by atoms with Crippen molar-refractivity contribution in [2.45, 2.75) is 51.4 Å². The number of allylic oxidation sites excluding steroid dienone is 2. The Labute approximate surface area is 93.7 Å². The molecule has 2 nitrogen and oxygen atoms in total. The Morgan fingerprint density at radius 1 is 1.40 bits per heavy atom. The van der Waals surface area contributed by atoms with E-state index < -0.39 is 8.07 Å². The molecule has 86 valence electrons. The van der Waals surface area contributed by atoms with Crippen LogP contribution in [0.3, 0.4) is 0 Å². The Kier molecular flexibility index (Phi) is 4.58. The molecule has 0 aromatic heterocycles. The fourth-order valence-electron chi connectivity index (χ4n) is 1.83. The first-order valence-corrected chi connectivity index (χ1v) is 9.53. The van der Waals surface area contributed by atoms with Crippen LogP contribution in [0.4, 0.5) is 0 Å². The van der Waals surface area contributed by atoms with E-state index in [9.17, 15) is 4.79 Å². The standard InChI is InChI=1S/C12H22O2Si/c1-15(2,3)9-5-7-12-11(10-13)6-4-8-14-12/h10H,4-9H2,1-3H3. The first-order chi connectivity index (χ1) is 7.03. The lowest BCUT2D eigenvalue weighted by Gasteiger charge is -2.20. The summed E-state index contributed by atoms with van der Waals surface area (Å²) in [5.74, 6) is 0.967. The highest BCUT2D eigenvalue weighted by molar-refractivity contribution is 6.76. The van der Waals surface area contributed by atoms with Gasteiger partial charge in [0.25, 0.3) is 0 Å². The summed E-state index contributed by atoms with van der Waals surface area (Å²) in [6.45, 7) is 7.93. The molecule has 1 heterocycles. The minimum absolute atomic E-state index is 0.791.